The number of aliphatic hydroxyl groups excluding tert-OH is 2. The maximum atomic E-state index is 13.2. The fourth-order valence-corrected chi connectivity index (χ4v) is 4.40. The van der Waals surface area contributed by atoms with Crippen LogP contribution in [-0.2, 0) is 18.6 Å². The molecule has 32 heavy (non-hydrogen) atoms. The molecule has 0 spiro atoms. The molecule has 2 aromatic rings. The molecule has 0 bridgehead atoms. The number of ether oxygens (including phenoxy) is 1. The van der Waals surface area contributed by atoms with E-state index in [0.717, 1.165) is 4.57 Å². The van der Waals surface area contributed by atoms with Gasteiger partial charge in [0.1, 0.15) is 35.9 Å². The van der Waals surface area contributed by atoms with Crippen LogP contribution in [-0.4, -0.2) is 61.8 Å². The molecule has 0 saturated carbocycles. The van der Waals surface area contributed by atoms with E-state index in [1.807, 2.05) is 0 Å². The first-order valence-electron chi connectivity index (χ1n) is 9.46. The van der Waals surface area contributed by atoms with E-state index in [4.69, 9.17) is 24.6 Å². The summed E-state index contributed by atoms with van der Waals surface area (Å²) in [5, 5.41) is 32.1. The van der Waals surface area contributed by atoms with Gasteiger partial charge >= 0.3 is 19.4 Å². The summed E-state index contributed by atoms with van der Waals surface area (Å²) in [6.07, 6.45) is -4.35. The van der Waals surface area contributed by atoms with Crippen LogP contribution in [0.5, 0.6) is 5.75 Å². The van der Waals surface area contributed by atoms with Crippen molar-refractivity contribution in [3.8, 4) is 5.75 Å². The molecule has 0 aliphatic carbocycles. The molecule has 1 aromatic carbocycles. The van der Waals surface area contributed by atoms with Gasteiger partial charge in [-0.05, 0) is 25.1 Å². The predicted molar refractivity (Wildman–Crippen MR) is 110 cm³/mol. The molecule has 1 aliphatic heterocycles. The Labute approximate surface area is 182 Å². The fraction of sp³-hybridized carbons (Fsp3) is 0.389. The Morgan fingerprint density at radius 2 is 2.00 bits per heavy atom. The molecule has 14 heteroatoms. The summed E-state index contributed by atoms with van der Waals surface area (Å²) in [7, 11) is -4.26. The topological polar surface area (TPSA) is 195 Å². The van der Waals surface area contributed by atoms with Crippen LogP contribution in [0.1, 0.15) is 13.2 Å². The Morgan fingerprint density at radius 1 is 1.31 bits per heavy atom. The van der Waals surface area contributed by atoms with Gasteiger partial charge in [0, 0.05) is 6.20 Å². The minimum atomic E-state index is -4.26. The Morgan fingerprint density at radius 3 is 2.62 bits per heavy atom. The number of nitrogens with one attached hydrogen (secondary N) is 1. The second-order valence-corrected chi connectivity index (χ2v) is 8.67. The molecule has 2 heterocycles. The quantitative estimate of drug-likeness (QED) is 0.301. The van der Waals surface area contributed by atoms with Gasteiger partial charge in [0.25, 0.3) is 0 Å². The van der Waals surface area contributed by atoms with Crippen molar-refractivity contribution in [2.75, 3.05) is 12.3 Å². The minimum absolute atomic E-state index is 0.0307. The highest BCUT2D eigenvalue weighted by Gasteiger charge is 2.45. The Kier molecular flexibility index (Phi) is 7.29. The zero-order chi connectivity index (χ0) is 23.5. The van der Waals surface area contributed by atoms with Crippen LogP contribution in [0.3, 0.4) is 0 Å². The van der Waals surface area contributed by atoms with Crippen molar-refractivity contribution in [3.05, 3.63) is 53.1 Å². The van der Waals surface area contributed by atoms with E-state index in [0.29, 0.717) is 0 Å². The van der Waals surface area contributed by atoms with Crippen LogP contribution < -0.4 is 21.0 Å². The monoisotopic (exact) mass is 470 g/mol. The van der Waals surface area contributed by atoms with E-state index in [1.54, 1.807) is 18.2 Å². The summed E-state index contributed by atoms with van der Waals surface area (Å²) < 4.78 is 30.4. The third kappa shape index (κ3) is 5.51. The van der Waals surface area contributed by atoms with Crippen LogP contribution in [0.2, 0.25) is 0 Å². The van der Waals surface area contributed by atoms with Crippen LogP contribution in [0.4, 0.5) is 5.82 Å². The number of anilines is 1. The van der Waals surface area contributed by atoms with Crippen LogP contribution >= 0.6 is 7.75 Å². The van der Waals surface area contributed by atoms with E-state index in [2.05, 4.69) is 10.1 Å². The number of benzene rings is 1. The lowest BCUT2D eigenvalue weighted by Crippen LogP contribution is -2.37. The number of aromatic nitrogens is 2. The van der Waals surface area contributed by atoms with Gasteiger partial charge in [-0.2, -0.15) is 10.1 Å². The SMILES string of the molecule is C[C@H](NP(=O)(OC[C@H]1O[C@@H](n2ccc(N)nc2=O)[C@H](O)[C@@H]1O)Oc1ccccc1)C(=O)O. The minimum Gasteiger partial charge on any atom is -0.480 e. The van der Waals surface area contributed by atoms with E-state index in [9.17, 15) is 24.4 Å². The number of nitrogens with two attached hydrogens (primary N) is 1. The molecule has 0 amide bonds. The third-order valence-corrected chi connectivity index (χ3v) is 6.21. The van der Waals surface area contributed by atoms with Crippen molar-refractivity contribution >= 4 is 19.5 Å². The molecule has 1 fully saturated rings. The number of nitrogen functional groups attached to an aromatic ring is 1. The van der Waals surface area contributed by atoms with Crippen LogP contribution in [0.25, 0.3) is 0 Å². The molecular formula is C18H23N4O9P. The van der Waals surface area contributed by atoms with Gasteiger partial charge in [-0.1, -0.05) is 18.2 Å². The van der Waals surface area contributed by atoms with Crippen molar-refractivity contribution in [1.29, 1.82) is 0 Å². The van der Waals surface area contributed by atoms with Crippen molar-refractivity contribution in [3.63, 3.8) is 0 Å². The molecule has 13 nitrogen and oxygen atoms in total. The summed E-state index contributed by atoms with van der Waals surface area (Å²) in [5.74, 6) is -1.18. The lowest BCUT2D eigenvalue weighted by atomic mass is 10.1. The number of carboxylic acids is 1. The van der Waals surface area contributed by atoms with Crippen LogP contribution in [0.15, 0.2) is 47.4 Å². The van der Waals surface area contributed by atoms with E-state index in [1.165, 1.54) is 31.3 Å². The van der Waals surface area contributed by atoms with Crippen molar-refractivity contribution in [2.24, 2.45) is 0 Å². The van der Waals surface area contributed by atoms with E-state index < -0.39 is 56.6 Å². The average Bonchev–Trinajstić information content (AvgIpc) is 3.01. The largest absolute Gasteiger partial charge is 0.480 e. The maximum absolute atomic E-state index is 13.2. The second-order valence-electron chi connectivity index (χ2n) is 6.98. The number of aliphatic carboxylic acids is 1. The lowest BCUT2D eigenvalue weighted by Gasteiger charge is -2.24. The maximum Gasteiger partial charge on any atom is 0.459 e. The van der Waals surface area contributed by atoms with Gasteiger partial charge < -0.3 is 30.3 Å². The molecule has 3 rings (SSSR count). The summed E-state index contributed by atoms with van der Waals surface area (Å²) in [5.41, 5.74) is 4.64. The normalized spacial score (nSPS) is 25.7. The molecule has 1 unspecified atom stereocenters. The zero-order valence-corrected chi connectivity index (χ0v) is 17.7. The summed E-state index contributed by atoms with van der Waals surface area (Å²) in [4.78, 5) is 26.8. The molecule has 1 aliphatic rings. The summed E-state index contributed by atoms with van der Waals surface area (Å²) >= 11 is 0. The smallest absolute Gasteiger partial charge is 0.459 e. The van der Waals surface area contributed by atoms with Crippen LogP contribution in [0, 0.1) is 0 Å². The van der Waals surface area contributed by atoms with Crippen molar-refractivity contribution in [1.82, 2.24) is 14.6 Å². The number of rotatable bonds is 9. The molecule has 0 radical (unpaired) electrons. The first-order valence-corrected chi connectivity index (χ1v) is 11.0. The van der Waals surface area contributed by atoms with Gasteiger partial charge in [0.05, 0.1) is 6.61 Å². The highest BCUT2D eigenvalue weighted by molar-refractivity contribution is 7.52. The number of carboxylic acid groups (broad SMARTS) is 1. The molecule has 174 valence electrons. The zero-order valence-electron chi connectivity index (χ0n) is 16.8. The number of nitrogens with zero attached hydrogens (tertiary/aromatic N) is 2. The Hall–Kier alpha value is -2.80. The molecule has 6 atom stereocenters. The Bertz CT molecular complexity index is 1050. The van der Waals surface area contributed by atoms with E-state index in [-0.39, 0.29) is 11.6 Å². The standard InChI is InChI=1S/C18H23N4O9P/c1-10(17(25)26)21-32(28,31-11-5-3-2-4-6-11)29-9-12-14(23)15(24)16(30-12)22-8-7-13(19)20-18(22)27/h2-8,10,12,14-16,23-24H,9H2,1H3,(H,21,28)(H,25,26)(H2,19,20,27)/t10-,12+,14+,15+,16+,32?/m0/s1. The van der Waals surface area contributed by atoms with Gasteiger partial charge in [0.15, 0.2) is 6.23 Å². The molecular weight excluding hydrogens is 447 g/mol. The van der Waals surface area contributed by atoms with Crippen molar-refractivity contribution < 1.29 is 38.5 Å². The van der Waals surface area contributed by atoms with Crippen molar-refractivity contribution in [2.45, 2.75) is 37.5 Å². The number of carbonyl (C=O) groups is 1. The first kappa shape index (κ1) is 23.9. The fourth-order valence-electron chi connectivity index (χ4n) is 2.89. The Balaban J connectivity index is 1.75. The van der Waals surface area contributed by atoms with E-state index >= 15 is 0 Å². The lowest BCUT2D eigenvalue weighted by molar-refractivity contribution is -0.138. The number of aliphatic hydroxyl groups is 2. The molecule has 1 aromatic heterocycles. The number of hydrogen-bond acceptors (Lipinski definition) is 10. The third-order valence-electron chi connectivity index (χ3n) is 4.56. The van der Waals surface area contributed by atoms with Gasteiger partial charge in [-0.3, -0.25) is 13.9 Å². The highest BCUT2D eigenvalue weighted by Crippen LogP contribution is 2.45. The number of hydrogen-bond donors (Lipinski definition) is 5. The second kappa shape index (κ2) is 9.77. The number of para-hydroxylation sites is 1. The average molecular weight is 470 g/mol. The molecule has 1 saturated heterocycles. The first-order chi connectivity index (χ1) is 15.1. The summed E-state index contributed by atoms with van der Waals surface area (Å²) in [6.45, 7) is 0.684. The summed E-state index contributed by atoms with van der Waals surface area (Å²) in [6, 6.07) is 7.93. The van der Waals surface area contributed by atoms with Gasteiger partial charge in [0.2, 0.25) is 0 Å². The molecule has 6 N–H and O–H groups in total. The van der Waals surface area contributed by atoms with Gasteiger partial charge in [-0.25, -0.2) is 9.36 Å². The van der Waals surface area contributed by atoms with Gasteiger partial charge in [-0.15, -0.1) is 0 Å². The highest BCUT2D eigenvalue weighted by atomic mass is 31.2. The predicted octanol–water partition coefficient (Wildman–Crippen LogP) is -0.289.